The summed E-state index contributed by atoms with van der Waals surface area (Å²) in [7, 11) is 1.80. The Bertz CT molecular complexity index is 1130. The largest absolute Gasteiger partial charge is 2.00 e. The molecule has 0 saturated heterocycles. The summed E-state index contributed by atoms with van der Waals surface area (Å²) in [5.74, 6) is -0.116. The zero-order valence-corrected chi connectivity index (χ0v) is 21.5. The molecule has 0 spiro atoms. The quantitative estimate of drug-likeness (QED) is 0.204. The number of aromatic nitrogens is 2. The van der Waals surface area contributed by atoms with Gasteiger partial charge in [-0.3, -0.25) is 9.48 Å². The van der Waals surface area contributed by atoms with Crippen molar-refractivity contribution in [2.24, 2.45) is 12.0 Å². The van der Waals surface area contributed by atoms with Crippen LogP contribution in [0.25, 0.3) is 11.1 Å². The molecule has 0 unspecified atom stereocenters. The van der Waals surface area contributed by atoms with Crippen molar-refractivity contribution in [3.8, 4) is 17.2 Å². The standard InChI is InChI=1S/C19H19N3O3.CNS.2ClH.Mo.O/c1-12(16-10-9-15(23)11-17(16)24)20-18-13(2)21(3)22(19(18)25)14-7-5-4-6-8-14;2-1-3;;;;/h4-11,23-24H,1-3H3;;2*1H;;/q;-1;;;;-2/p-2. The van der Waals surface area contributed by atoms with Gasteiger partial charge in [0, 0.05) is 45.5 Å². The molecule has 0 atom stereocenters. The van der Waals surface area contributed by atoms with Crippen molar-refractivity contribution in [3.63, 3.8) is 0 Å². The molecule has 0 saturated carbocycles. The molecule has 3 aromatic rings. The van der Waals surface area contributed by atoms with Gasteiger partial charge in [-0.25, -0.2) is 9.67 Å². The molecule has 3 rings (SSSR count). The number of thiocarbonyl (C=S) groups is 1. The van der Waals surface area contributed by atoms with Crippen molar-refractivity contribution in [2.75, 3.05) is 0 Å². The van der Waals surface area contributed by atoms with Crippen molar-refractivity contribution in [2.45, 2.75) is 13.8 Å². The van der Waals surface area contributed by atoms with Gasteiger partial charge in [0.25, 0.3) is 5.56 Å². The van der Waals surface area contributed by atoms with E-state index in [1.54, 1.807) is 29.4 Å². The fraction of sp³-hybridized carbons (Fsp3) is 0.150. The van der Waals surface area contributed by atoms with Crippen LogP contribution >= 0.6 is 12.2 Å². The molecule has 32 heavy (non-hydrogen) atoms. The zero-order valence-electron chi connectivity index (χ0n) is 17.2. The average molecular weight is 578 g/mol. The van der Waals surface area contributed by atoms with Gasteiger partial charge in [-0.05, 0) is 38.1 Å². The van der Waals surface area contributed by atoms with E-state index in [1.165, 1.54) is 17.3 Å². The monoisotopic (exact) mass is 579 g/mol. The van der Waals surface area contributed by atoms with Crippen molar-refractivity contribution in [1.29, 1.82) is 0 Å². The molecular weight excluding hydrogens is 559 g/mol. The minimum absolute atomic E-state index is 0. The van der Waals surface area contributed by atoms with Gasteiger partial charge in [0.05, 0.1) is 11.4 Å². The van der Waals surface area contributed by atoms with Crippen molar-refractivity contribution in [1.82, 2.24) is 9.36 Å². The Hall–Kier alpha value is -2.25. The summed E-state index contributed by atoms with van der Waals surface area (Å²) in [6.45, 7) is 3.54. The smallest absolute Gasteiger partial charge is 0.297 e. The SMILES string of the molecule is CC(=Nc1c(C)n(C)n(-c2ccccc2)c1=O)c1ccc(O)cc1O.[Cl-].[Cl-].[Mo].[N-]=C=S.[O-2]. The minimum atomic E-state index is -0.233. The summed E-state index contributed by atoms with van der Waals surface area (Å²) in [6, 6.07) is 13.6. The Labute approximate surface area is 217 Å². The Kier molecular flexibility index (Phi) is 16.7. The predicted molar refractivity (Wildman–Crippen MR) is 114 cm³/mol. The summed E-state index contributed by atoms with van der Waals surface area (Å²) < 4.78 is 3.30. The third kappa shape index (κ3) is 7.71. The number of halogens is 2. The van der Waals surface area contributed by atoms with Crippen LogP contribution in [0.4, 0.5) is 5.69 Å². The van der Waals surface area contributed by atoms with Gasteiger partial charge < -0.3 is 45.9 Å². The third-order valence-electron chi connectivity index (χ3n) is 4.17. The number of rotatable bonds is 3. The number of aromatic hydroxyl groups is 2. The van der Waals surface area contributed by atoms with E-state index in [9.17, 15) is 15.0 Å². The van der Waals surface area contributed by atoms with Crippen molar-refractivity contribution >= 4 is 28.8 Å². The second kappa shape index (κ2) is 15.5. The molecule has 1 aromatic heterocycles. The van der Waals surface area contributed by atoms with Gasteiger partial charge in [-0.1, -0.05) is 30.4 Å². The maximum absolute atomic E-state index is 12.8. The van der Waals surface area contributed by atoms with Gasteiger partial charge >= 0.3 is 0 Å². The topological polar surface area (TPSA) is 131 Å². The van der Waals surface area contributed by atoms with E-state index >= 15 is 0 Å². The van der Waals surface area contributed by atoms with Crippen LogP contribution in [0.15, 0.2) is 58.3 Å². The number of para-hydroxylation sites is 1. The first-order chi connectivity index (χ1) is 13.3. The molecule has 2 N–H and O–H groups in total. The molecular formula is C20H19Cl2MoN4O4S-5. The maximum Gasteiger partial charge on any atom is 0.297 e. The molecule has 0 radical (unpaired) electrons. The van der Waals surface area contributed by atoms with E-state index in [2.05, 4.69) is 17.2 Å². The molecule has 0 bridgehead atoms. The molecule has 0 fully saturated rings. The summed E-state index contributed by atoms with van der Waals surface area (Å²) in [5.41, 5.74) is 2.51. The number of phenols is 2. The fourth-order valence-electron chi connectivity index (χ4n) is 2.74. The minimum Gasteiger partial charge on any atom is -2.00 e. The normalized spacial score (nSPS) is 9.41. The van der Waals surface area contributed by atoms with Crippen LogP contribution in [0.1, 0.15) is 18.2 Å². The van der Waals surface area contributed by atoms with Gasteiger partial charge in [-0.2, -0.15) is 5.16 Å². The Morgan fingerprint density at radius 2 is 1.66 bits per heavy atom. The molecule has 1 heterocycles. The average Bonchev–Trinajstić information content (AvgIpc) is 2.86. The second-order valence-corrected chi connectivity index (χ2v) is 6.08. The second-order valence-electron chi connectivity index (χ2n) is 5.90. The Morgan fingerprint density at radius 3 is 2.16 bits per heavy atom. The van der Waals surface area contributed by atoms with Crippen molar-refractivity contribution < 1.29 is 61.6 Å². The van der Waals surface area contributed by atoms with Crippen LogP contribution in [0.3, 0.4) is 0 Å². The number of isothiocyanates is 1. The van der Waals surface area contributed by atoms with Crippen LogP contribution in [0, 0.1) is 6.92 Å². The predicted octanol–water partition coefficient (Wildman–Crippen LogP) is -2.42. The van der Waals surface area contributed by atoms with Gasteiger partial charge in [0.15, 0.2) is 5.69 Å². The van der Waals surface area contributed by atoms with E-state index in [1.807, 2.05) is 37.3 Å². The molecule has 0 aliphatic heterocycles. The van der Waals surface area contributed by atoms with Gasteiger partial charge in [0.2, 0.25) is 0 Å². The first-order valence-corrected chi connectivity index (χ1v) is 8.65. The first kappa shape index (κ1) is 34.4. The number of phenolic OH excluding ortho intramolecular Hbond substituents is 2. The van der Waals surface area contributed by atoms with Crippen LogP contribution in [-0.4, -0.2) is 30.4 Å². The fourth-order valence-corrected chi connectivity index (χ4v) is 2.74. The summed E-state index contributed by atoms with van der Waals surface area (Å²) >= 11 is 3.70. The van der Waals surface area contributed by atoms with E-state index in [0.717, 1.165) is 5.69 Å². The van der Waals surface area contributed by atoms with Crippen LogP contribution in [-0.2, 0) is 33.6 Å². The summed E-state index contributed by atoms with van der Waals surface area (Å²) in [6.07, 6.45) is 0. The van der Waals surface area contributed by atoms with Gasteiger partial charge in [0.1, 0.15) is 11.5 Å². The molecule has 8 nitrogen and oxygen atoms in total. The number of aliphatic imine (C=N–C) groups is 1. The van der Waals surface area contributed by atoms with E-state index < -0.39 is 0 Å². The molecule has 12 heteroatoms. The number of benzene rings is 2. The van der Waals surface area contributed by atoms with E-state index in [0.29, 0.717) is 22.7 Å². The zero-order chi connectivity index (χ0) is 20.8. The molecule has 174 valence electrons. The number of hydrogen-bond acceptors (Lipinski definition) is 5. The number of hydrogen-bond donors (Lipinski definition) is 2. The van der Waals surface area contributed by atoms with Crippen LogP contribution < -0.4 is 30.4 Å². The molecule has 0 aliphatic rings. The number of nitrogens with zero attached hydrogens (tertiary/aromatic N) is 4. The Morgan fingerprint density at radius 1 is 1.12 bits per heavy atom. The first-order valence-electron chi connectivity index (χ1n) is 8.24. The van der Waals surface area contributed by atoms with Crippen LogP contribution in [0.5, 0.6) is 11.5 Å². The summed E-state index contributed by atoms with van der Waals surface area (Å²) in [4.78, 5) is 17.3. The summed E-state index contributed by atoms with van der Waals surface area (Å²) in [5, 5.41) is 27.9. The third-order valence-corrected chi connectivity index (χ3v) is 4.17. The Balaban J connectivity index is -0.00000114. The molecule has 2 aromatic carbocycles. The van der Waals surface area contributed by atoms with E-state index in [4.69, 9.17) is 5.41 Å². The molecule has 0 aliphatic carbocycles. The van der Waals surface area contributed by atoms with Gasteiger partial charge in [-0.15, -0.1) is 0 Å². The van der Waals surface area contributed by atoms with Crippen LogP contribution in [0.2, 0.25) is 0 Å². The van der Waals surface area contributed by atoms with Crippen molar-refractivity contribution in [3.05, 3.63) is 75.6 Å². The van der Waals surface area contributed by atoms with E-state index in [-0.39, 0.29) is 68.4 Å². The maximum atomic E-state index is 12.8. The molecule has 0 amide bonds.